The summed E-state index contributed by atoms with van der Waals surface area (Å²) in [6.45, 7) is 12.7. The summed E-state index contributed by atoms with van der Waals surface area (Å²) in [5.41, 5.74) is 4.02. The highest BCUT2D eigenvalue weighted by molar-refractivity contribution is 6.02. The third-order valence-electron chi connectivity index (χ3n) is 3.37. The van der Waals surface area contributed by atoms with E-state index in [-0.39, 0.29) is 6.10 Å². The first-order valence-electron chi connectivity index (χ1n) is 8.02. The van der Waals surface area contributed by atoms with Crippen LogP contribution in [-0.4, -0.2) is 28.6 Å². The van der Waals surface area contributed by atoms with E-state index >= 15 is 0 Å². The number of hydrogen-bond donors (Lipinski definition) is 1. The SMILES string of the molecule is C=CC/C(=C\C(C)=NCC)c1n[nH]c2ccc(OC(C)C)cc12. The van der Waals surface area contributed by atoms with Crippen LogP contribution in [0.5, 0.6) is 5.75 Å². The van der Waals surface area contributed by atoms with Gasteiger partial charge >= 0.3 is 0 Å². The van der Waals surface area contributed by atoms with Crippen molar-refractivity contribution >= 4 is 22.2 Å². The van der Waals surface area contributed by atoms with E-state index in [2.05, 4.69) is 27.8 Å². The lowest BCUT2D eigenvalue weighted by Gasteiger charge is -2.10. The fourth-order valence-electron chi connectivity index (χ4n) is 2.51. The Labute approximate surface area is 138 Å². The van der Waals surface area contributed by atoms with Gasteiger partial charge in [0, 0.05) is 17.6 Å². The van der Waals surface area contributed by atoms with Gasteiger partial charge in [0.1, 0.15) is 5.75 Å². The third kappa shape index (κ3) is 4.31. The molecule has 4 heteroatoms. The molecule has 0 radical (unpaired) electrons. The molecular weight excluding hydrogens is 286 g/mol. The van der Waals surface area contributed by atoms with Crippen molar-refractivity contribution in [3.8, 4) is 5.75 Å². The number of hydrogen-bond acceptors (Lipinski definition) is 3. The number of H-pyrrole nitrogens is 1. The summed E-state index contributed by atoms with van der Waals surface area (Å²) < 4.78 is 5.80. The lowest BCUT2D eigenvalue weighted by Crippen LogP contribution is -2.05. The molecule has 0 saturated heterocycles. The molecule has 1 aromatic carbocycles. The third-order valence-corrected chi connectivity index (χ3v) is 3.37. The summed E-state index contributed by atoms with van der Waals surface area (Å²) in [5, 5.41) is 8.64. The highest BCUT2D eigenvalue weighted by atomic mass is 16.5. The minimum absolute atomic E-state index is 0.143. The van der Waals surface area contributed by atoms with Gasteiger partial charge in [0.05, 0.1) is 17.3 Å². The van der Waals surface area contributed by atoms with Crippen LogP contribution < -0.4 is 4.74 Å². The summed E-state index contributed by atoms with van der Waals surface area (Å²) >= 11 is 0. The van der Waals surface area contributed by atoms with Crippen molar-refractivity contribution in [1.29, 1.82) is 0 Å². The van der Waals surface area contributed by atoms with Gasteiger partial charge < -0.3 is 4.74 Å². The molecule has 122 valence electrons. The van der Waals surface area contributed by atoms with Gasteiger partial charge in [0.2, 0.25) is 0 Å². The van der Waals surface area contributed by atoms with E-state index in [0.29, 0.717) is 0 Å². The van der Waals surface area contributed by atoms with Crippen molar-refractivity contribution < 1.29 is 4.74 Å². The Morgan fingerprint density at radius 1 is 1.43 bits per heavy atom. The van der Waals surface area contributed by atoms with E-state index in [1.807, 2.05) is 52.0 Å². The van der Waals surface area contributed by atoms with Crippen LogP contribution >= 0.6 is 0 Å². The second-order valence-electron chi connectivity index (χ2n) is 5.72. The van der Waals surface area contributed by atoms with Gasteiger partial charge in [-0.2, -0.15) is 5.10 Å². The van der Waals surface area contributed by atoms with Crippen molar-refractivity contribution in [3.63, 3.8) is 0 Å². The number of allylic oxidation sites excluding steroid dienone is 3. The molecule has 4 nitrogen and oxygen atoms in total. The van der Waals surface area contributed by atoms with Gasteiger partial charge in [-0.05, 0) is 64.0 Å². The van der Waals surface area contributed by atoms with Crippen molar-refractivity contribution in [2.24, 2.45) is 4.99 Å². The predicted molar refractivity (Wildman–Crippen MR) is 98.3 cm³/mol. The molecule has 0 aliphatic rings. The van der Waals surface area contributed by atoms with E-state index < -0.39 is 0 Å². The Morgan fingerprint density at radius 2 is 2.22 bits per heavy atom. The molecule has 0 aliphatic carbocycles. The molecule has 1 N–H and O–H groups in total. The van der Waals surface area contributed by atoms with Crippen LogP contribution in [0.4, 0.5) is 0 Å². The standard InChI is InChI=1S/C19H25N3O/c1-6-8-15(11-14(5)20-7-2)19-17-12-16(23-13(3)4)9-10-18(17)21-22-19/h6,9-13H,1,7-8H2,2-5H3,(H,21,22)/b15-11+,20-14?. The molecular formula is C19H25N3O. The van der Waals surface area contributed by atoms with Crippen LogP contribution in [0.25, 0.3) is 16.5 Å². The minimum Gasteiger partial charge on any atom is -0.491 e. The van der Waals surface area contributed by atoms with E-state index in [0.717, 1.165) is 46.6 Å². The summed E-state index contributed by atoms with van der Waals surface area (Å²) in [5.74, 6) is 0.854. The van der Waals surface area contributed by atoms with Gasteiger partial charge in [-0.25, -0.2) is 0 Å². The maximum Gasteiger partial charge on any atom is 0.120 e. The van der Waals surface area contributed by atoms with Gasteiger partial charge in [-0.15, -0.1) is 6.58 Å². The molecule has 0 spiro atoms. The van der Waals surface area contributed by atoms with Crippen molar-refractivity contribution in [2.45, 2.75) is 40.2 Å². The van der Waals surface area contributed by atoms with E-state index in [1.54, 1.807) is 0 Å². The molecule has 1 aromatic heterocycles. The molecule has 0 atom stereocenters. The van der Waals surface area contributed by atoms with Crippen LogP contribution in [0.1, 0.15) is 39.8 Å². The number of nitrogens with zero attached hydrogens (tertiary/aromatic N) is 2. The number of aliphatic imine (C=N–C) groups is 1. The molecule has 0 saturated carbocycles. The Kier molecular flexibility index (Phi) is 5.74. The van der Waals surface area contributed by atoms with Crippen LogP contribution in [0.15, 0.2) is 41.9 Å². The van der Waals surface area contributed by atoms with Gasteiger partial charge in [-0.3, -0.25) is 10.1 Å². The predicted octanol–water partition coefficient (Wildman–Crippen LogP) is 4.79. The number of ether oxygens (including phenoxy) is 1. The molecule has 2 aromatic rings. The smallest absolute Gasteiger partial charge is 0.120 e. The highest BCUT2D eigenvalue weighted by Gasteiger charge is 2.12. The fourth-order valence-corrected chi connectivity index (χ4v) is 2.51. The Hall–Kier alpha value is -2.36. The van der Waals surface area contributed by atoms with Crippen LogP contribution in [0.2, 0.25) is 0 Å². The second kappa shape index (κ2) is 7.77. The lowest BCUT2D eigenvalue weighted by atomic mass is 10.0. The van der Waals surface area contributed by atoms with Crippen molar-refractivity contribution in [1.82, 2.24) is 10.2 Å². The first kappa shape index (κ1) is 17.0. The molecule has 0 amide bonds. The molecule has 0 aliphatic heterocycles. The molecule has 0 bridgehead atoms. The number of fused-ring (bicyclic) bond motifs is 1. The molecule has 1 heterocycles. The lowest BCUT2D eigenvalue weighted by molar-refractivity contribution is 0.243. The number of rotatable bonds is 7. The van der Waals surface area contributed by atoms with Crippen molar-refractivity contribution in [2.75, 3.05) is 6.54 Å². The van der Waals surface area contributed by atoms with Crippen LogP contribution in [-0.2, 0) is 0 Å². The van der Waals surface area contributed by atoms with Gasteiger partial charge in [-0.1, -0.05) is 6.08 Å². The summed E-state index contributed by atoms with van der Waals surface area (Å²) in [6.07, 6.45) is 4.85. The highest BCUT2D eigenvalue weighted by Crippen LogP contribution is 2.28. The normalized spacial score (nSPS) is 12.9. The minimum atomic E-state index is 0.143. The Bertz CT molecular complexity index is 738. The Balaban J connectivity index is 2.50. The first-order valence-corrected chi connectivity index (χ1v) is 8.02. The fraction of sp³-hybridized carbons (Fsp3) is 0.368. The topological polar surface area (TPSA) is 50.3 Å². The molecule has 2 rings (SSSR count). The zero-order valence-corrected chi connectivity index (χ0v) is 14.4. The molecule has 23 heavy (non-hydrogen) atoms. The summed E-state index contributed by atoms with van der Waals surface area (Å²) in [7, 11) is 0. The number of benzene rings is 1. The largest absolute Gasteiger partial charge is 0.491 e. The zero-order chi connectivity index (χ0) is 16.8. The van der Waals surface area contributed by atoms with E-state index in [9.17, 15) is 0 Å². The zero-order valence-electron chi connectivity index (χ0n) is 14.4. The number of nitrogens with one attached hydrogen (secondary N) is 1. The van der Waals surface area contributed by atoms with Crippen LogP contribution in [0, 0.1) is 0 Å². The van der Waals surface area contributed by atoms with Crippen LogP contribution in [0.3, 0.4) is 0 Å². The maximum absolute atomic E-state index is 5.80. The van der Waals surface area contributed by atoms with Gasteiger partial charge in [0.25, 0.3) is 0 Å². The quantitative estimate of drug-likeness (QED) is 0.590. The van der Waals surface area contributed by atoms with Gasteiger partial charge in [0.15, 0.2) is 0 Å². The van der Waals surface area contributed by atoms with E-state index in [1.165, 1.54) is 0 Å². The molecule has 0 fully saturated rings. The average Bonchev–Trinajstić information content (AvgIpc) is 2.89. The average molecular weight is 311 g/mol. The Morgan fingerprint density at radius 3 is 2.87 bits per heavy atom. The summed E-state index contributed by atoms with van der Waals surface area (Å²) in [6, 6.07) is 6.00. The maximum atomic E-state index is 5.80. The summed E-state index contributed by atoms with van der Waals surface area (Å²) in [4.78, 5) is 4.44. The monoisotopic (exact) mass is 311 g/mol. The first-order chi connectivity index (χ1) is 11.0. The molecule has 0 unspecified atom stereocenters. The van der Waals surface area contributed by atoms with Crippen molar-refractivity contribution in [3.05, 3.63) is 42.6 Å². The number of aromatic amines is 1. The number of aromatic nitrogens is 2. The van der Waals surface area contributed by atoms with E-state index in [4.69, 9.17) is 4.74 Å². The second-order valence-corrected chi connectivity index (χ2v) is 5.72.